The van der Waals surface area contributed by atoms with Gasteiger partial charge in [-0.3, -0.25) is 4.18 Å². The van der Waals surface area contributed by atoms with Gasteiger partial charge in [-0.05, 0) is 52.0 Å². The first kappa shape index (κ1) is 31.3. The summed E-state index contributed by atoms with van der Waals surface area (Å²) in [5.41, 5.74) is 2.03. The molecule has 0 bridgehead atoms. The van der Waals surface area contributed by atoms with Crippen molar-refractivity contribution in [2.75, 3.05) is 18.6 Å². The third-order valence-corrected chi connectivity index (χ3v) is 5.65. The lowest BCUT2D eigenvalue weighted by Gasteiger charge is -2.02. The predicted molar refractivity (Wildman–Crippen MR) is 124 cm³/mol. The fraction of sp³-hybridized carbons (Fsp3) is 0.368. The number of aliphatic hydroxyl groups is 1. The molecule has 30 heavy (non-hydrogen) atoms. The average molecular weight is 522 g/mol. The molecule has 1 N–H and O–H groups in total. The molecule has 2 aromatic carbocycles. The van der Waals surface area contributed by atoms with E-state index in [0.717, 1.165) is 11.1 Å². The number of aryl methyl sites for hydroxylation is 2. The first-order valence-electron chi connectivity index (χ1n) is 8.59. The minimum atomic E-state index is -3.55. The molecule has 2 rings (SSSR count). The van der Waals surface area contributed by atoms with Crippen molar-refractivity contribution in [1.82, 2.24) is 0 Å². The van der Waals surface area contributed by atoms with Gasteiger partial charge in [-0.2, -0.15) is 8.42 Å². The van der Waals surface area contributed by atoms with Crippen LogP contribution in [0, 0.1) is 13.8 Å². The highest BCUT2D eigenvalue weighted by molar-refractivity contribution is 8.13. The molecule has 0 saturated heterocycles. The zero-order valence-corrected chi connectivity index (χ0v) is 21.1. The monoisotopic (exact) mass is 520 g/mol. The van der Waals surface area contributed by atoms with Crippen LogP contribution >= 0.6 is 33.9 Å². The summed E-state index contributed by atoms with van der Waals surface area (Å²) in [6.45, 7) is 7.52. The summed E-state index contributed by atoms with van der Waals surface area (Å²) in [4.78, 5) is 0.352. The van der Waals surface area contributed by atoms with Crippen molar-refractivity contribution < 1.29 is 26.1 Å². The lowest BCUT2D eigenvalue weighted by molar-refractivity contribution is 0.318. The maximum atomic E-state index is 11.3. The Morgan fingerprint density at radius 2 is 1.10 bits per heavy atom. The molecule has 0 aliphatic heterocycles. The van der Waals surface area contributed by atoms with E-state index in [4.69, 9.17) is 39.0 Å². The lowest BCUT2D eigenvalue weighted by atomic mass is 10.2. The van der Waals surface area contributed by atoms with Gasteiger partial charge >= 0.3 is 0 Å². The number of hydrogen-bond acceptors (Lipinski definition) is 6. The van der Waals surface area contributed by atoms with E-state index >= 15 is 0 Å². The van der Waals surface area contributed by atoms with Crippen molar-refractivity contribution in [3.63, 3.8) is 0 Å². The van der Waals surface area contributed by atoms with Gasteiger partial charge in [0, 0.05) is 17.3 Å². The van der Waals surface area contributed by atoms with Gasteiger partial charge < -0.3 is 5.11 Å². The van der Waals surface area contributed by atoms with E-state index in [-0.39, 0.29) is 28.3 Å². The second-order valence-corrected chi connectivity index (χ2v) is 10.3. The van der Waals surface area contributed by atoms with Gasteiger partial charge in [0.25, 0.3) is 19.2 Å². The standard InChI is InChI=1S/C9H12O3S.C7H7ClO2S.C2H6O.CH2Cl2/c1-3-12-13(10,11)9-6-4-8(2)5-7-9;1-6-2-4-7(5-3-6)11(8,9)10;1-2-3;2-1-3/h4-7H,3H2,1-2H3;2-5H,1H3;3H,2H2,1H3;1H2. The van der Waals surface area contributed by atoms with Gasteiger partial charge in [0.05, 0.1) is 21.7 Å². The van der Waals surface area contributed by atoms with Crippen molar-refractivity contribution in [2.45, 2.75) is 37.5 Å². The van der Waals surface area contributed by atoms with E-state index in [1.165, 1.54) is 12.1 Å². The number of alkyl halides is 2. The molecule has 172 valence electrons. The maximum Gasteiger partial charge on any atom is 0.296 e. The molecule has 0 aliphatic rings. The van der Waals surface area contributed by atoms with Crippen LogP contribution in [0.1, 0.15) is 25.0 Å². The van der Waals surface area contributed by atoms with Crippen molar-refractivity contribution >= 4 is 53.1 Å². The second-order valence-electron chi connectivity index (χ2n) is 5.34. The maximum absolute atomic E-state index is 11.3. The molecule has 0 saturated carbocycles. The van der Waals surface area contributed by atoms with E-state index in [1.807, 2.05) is 13.8 Å². The van der Waals surface area contributed by atoms with Gasteiger partial charge in [0.15, 0.2) is 0 Å². The molecule has 0 atom stereocenters. The van der Waals surface area contributed by atoms with Gasteiger partial charge in [-0.1, -0.05) is 35.4 Å². The number of halogens is 3. The summed E-state index contributed by atoms with van der Waals surface area (Å²) >= 11 is 9.53. The summed E-state index contributed by atoms with van der Waals surface area (Å²) in [5, 5.41) is 7.76. The van der Waals surface area contributed by atoms with Gasteiger partial charge in [-0.15, -0.1) is 23.2 Å². The minimum absolute atomic E-state index is 0.143. The molecule has 11 heteroatoms. The van der Waals surface area contributed by atoms with E-state index < -0.39 is 19.2 Å². The SMILES string of the molecule is CCO.CCOS(=O)(=O)c1ccc(C)cc1.Cc1ccc(S(=O)(=O)Cl)cc1.ClCCl. The fourth-order valence-corrected chi connectivity index (χ4v) is 3.31. The number of aliphatic hydroxyl groups excluding tert-OH is 1. The Labute approximate surface area is 194 Å². The van der Waals surface area contributed by atoms with Crippen LogP contribution in [0.5, 0.6) is 0 Å². The molecule has 0 aromatic heterocycles. The van der Waals surface area contributed by atoms with Gasteiger partial charge in [0.2, 0.25) is 0 Å². The van der Waals surface area contributed by atoms with Crippen LogP contribution in [-0.4, -0.2) is 40.5 Å². The molecular formula is C19H27Cl3O6S2. The van der Waals surface area contributed by atoms with E-state index in [0.29, 0.717) is 0 Å². The largest absolute Gasteiger partial charge is 0.397 e. The highest BCUT2D eigenvalue weighted by Crippen LogP contribution is 2.14. The zero-order valence-electron chi connectivity index (χ0n) is 17.2. The molecule has 0 aliphatic carbocycles. The molecular weight excluding hydrogens is 495 g/mol. The number of rotatable bonds is 4. The molecule has 0 amide bonds. The number of hydrogen-bond donors (Lipinski definition) is 1. The highest BCUT2D eigenvalue weighted by atomic mass is 35.7. The summed E-state index contributed by atoms with van der Waals surface area (Å²) in [7, 11) is -1.99. The zero-order chi connectivity index (χ0) is 23.8. The molecule has 0 spiro atoms. The Hall–Kier alpha value is -0.870. The van der Waals surface area contributed by atoms with Crippen molar-refractivity contribution in [3.8, 4) is 0 Å². The van der Waals surface area contributed by atoms with Gasteiger partial charge in [0.1, 0.15) is 0 Å². The van der Waals surface area contributed by atoms with Crippen molar-refractivity contribution in [2.24, 2.45) is 0 Å². The predicted octanol–water partition coefficient (Wildman–Crippen LogP) is 5.06. The fourth-order valence-electron chi connectivity index (χ4n) is 1.63. The quantitative estimate of drug-likeness (QED) is 0.343. The average Bonchev–Trinajstić information content (AvgIpc) is 2.63. The Morgan fingerprint density at radius 1 is 0.800 bits per heavy atom. The topological polar surface area (TPSA) is 97.7 Å². The smallest absolute Gasteiger partial charge is 0.296 e. The van der Waals surface area contributed by atoms with Crippen LogP contribution in [0.15, 0.2) is 58.3 Å². The molecule has 6 nitrogen and oxygen atoms in total. The highest BCUT2D eigenvalue weighted by Gasteiger charge is 2.12. The van der Waals surface area contributed by atoms with Crippen LogP contribution in [0.3, 0.4) is 0 Å². The Bertz CT molecular complexity index is 896. The van der Waals surface area contributed by atoms with E-state index in [1.54, 1.807) is 50.2 Å². The van der Waals surface area contributed by atoms with Gasteiger partial charge in [-0.25, -0.2) is 8.42 Å². The summed E-state index contributed by atoms with van der Waals surface area (Å²) in [6.07, 6.45) is 0. The summed E-state index contributed by atoms with van der Waals surface area (Å²) < 4.78 is 48.7. The molecule has 0 heterocycles. The van der Waals surface area contributed by atoms with E-state index in [9.17, 15) is 16.8 Å². The van der Waals surface area contributed by atoms with E-state index in [2.05, 4.69) is 4.18 Å². The summed E-state index contributed by atoms with van der Waals surface area (Å²) in [5.74, 6) is 0. The molecule has 0 radical (unpaired) electrons. The third-order valence-electron chi connectivity index (χ3n) is 2.89. The van der Waals surface area contributed by atoms with Crippen LogP contribution in [-0.2, 0) is 23.4 Å². The third kappa shape index (κ3) is 15.0. The normalized spacial score (nSPS) is 10.4. The molecule has 0 unspecified atom stereocenters. The summed E-state index contributed by atoms with van der Waals surface area (Å²) in [6, 6.07) is 12.9. The van der Waals surface area contributed by atoms with Crippen LogP contribution in [0.4, 0.5) is 0 Å². The minimum Gasteiger partial charge on any atom is -0.397 e. The van der Waals surface area contributed by atoms with Crippen LogP contribution < -0.4 is 0 Å². The molecule has 0 fully saturated rings. The van der Waals surface area contributed by atoms with Crippen molar-refractivity contribution in [3.05, 3.63) is 59.7 Å². The first-order chi connectivity index (χ1) is 13.9. The van der Waals surface area contributed by atoms with Crippen LogP contribution in [0.25, 0.3) is 0 Å². The second kappa shape index (κ2) is 16.8. The Balaban J connectivity index is 0. The first-order valence-corrected chi connectivity index (χ1v) is 13.4. The van der Waals surface area contributed by atoms with Crippen molar-refractivity contribution in [1.29, 1.82) is 0 Å². The number of benzene rings is 2. The molecule has 2 aromatic rings. The van der Waals surface area contributed by atoms with Crippen LogP contribution in [0.2, 0.25) is 0 Å². The Morgan fingerprint density at radius 3 is 1.37 bits per heavy atom. The Kier molecular flexibility index (Phi) is 17.5. The lowest BCUT2D eigenvalue weighted by Crippen LogP contribution is -2.05.